The third kappa shape index (κ3) is 14.1. The number of nitrogens with one attached hydrogen (secondary N) is 4. The highest BCUT2D eigenvalue weighted by molar-refractivity contribution is 6.01. The van der Waals surface area contributed by atoms with Gasteiger partial charge in [0, 0.05) is 26.2 Å². The molecule has 14 heteroatoms. The SMILES string of the molecule is CCCCOC(OCCCC)[C@H](CCCNC(=N)N)NC(=O)CNC(=O)[C@@H]1CCC(=O)N1C(=O)OCc1ccccc1.Cl. The molecule has 2 rings (SSSR count). The van der Waals surface area contributed by atoms with Crippen LogP contribution in [-0.2, 0) is 35.2 Å². The molecule has 242 valence electrons. The number of rotatable bonds is 19. The molecule has 1 aliphatic rings. The fourth-order valence-corrected chi connectivity index (χ4v) is 4.28. The Bertz CT molecular complexity index is 1010. The fraction of sp³-hybridized carbons (Fsp3) is 0.621. The lowest BCUT2D eigenvalue weighted by molar-refractivity contribution is -0.165. The van der Waals surface area contributed by atoms with E-state index in [-0.39, 0.29) is 44.4 Å². The second-order valence-electron chi connectivity index (χ2n) is 10.0. The summed E-state index contributed by atoms with van der Waals surface area (Å²) in [6, 6.07) is 7.41. The molecule has 0 aromatic heterocycles. The standard InChI is InChI=1S/C29H46N6O7.ClH/c1-3-5-17-40-27(41-18-6-4-2)22(13-10-16-32-28(30)31)34-24(36)19-33-26(38)23-14-15-25(37)35(23)29(39)42-20-21-11-8-7-9-12-21;/h7-9,11-12,22-23,27H,3-6,10,13-20H2,1-2H3,(H,33,38)(H,34,36)(H4,30,31,32);1H/t22-,23-;/m0./s1. The number of nitrogens with zero attached hydrogens (tertiary/aromatic N) is 1. The van der Waals surface area contributed by atoms with E-state index in [1.807, 2.05) is 19.9 Å². The van der Waals surface area contributed by atoms with Crippen molar-refractivity contribution in [2.24, 2.45) is 5.73 Å². The van der Waals surface area contributed by atoms with Crippen LogP contribution in [0.4, 0.5) is 4.79 Å². The predicted octanol–water partition coefficient (Wildman–Crippen LogP) is 2.56. The van der Waals surface area contributed by atoms with Crippen molar-refractivity contribution < 1.29 is 33.4 Å². The molecule has 0 spiro atoms. The van der Waals surface area contributed by atoms with Crippen LogP contribution >= 0.6 is 12.4 Å². The minimum absolute atomic E-state index is 0. The summed E-state index contributed by atoms with van der Waals surface area (Å²) in [4.78, 5) is 51.8. The van der Waals surface area contributed by atoms with Gasteiger partial charge in [-0.15, -0.1) is 12.4 Å². The van der Waals surface area contributed by atoms with Crippen molar-refractivity contribution >= 4 is 42.2 Å². The van der Waals surface area contributed by atoms with Crippen LogP contribution in [0.3, 0.4) is 0 Å². The van der Waals surface area contributed by atoms with Crippen molar-refractivity contribution in [1.82, 2.24) is 20.9 Å². The number of ether oxygens (including phenoxy) is 3. The lowest BCUT2D eigenvalue weighted by Crippen LogP contribution is -2.52. The van der Waals surface area contributed by atoms with Crippen molar-refractivity contribution in [1.29, 1.82) is 5.41 Å². The Morgan fingerprint density at radius 2 is 1.70 bits per heavy atom. The van der Waals surface area contributed by atoms with Crippen molar-refractivity contribution in [3.05, 3.63) is 35.9 Å². The highest BCUT2D eigenvalue weighted by Crippen LogP contribution is 2.20. The number of benzene rings is 1. The Morgan fingerprint density at radius 1 is 1.05 bits per heavy atom. The van der Waals surface area contributed by atoms with Crippen molar-refractivity contribution in [3.8, 4) is 0 Å². The number of halogens is 1. The highest BCUT2D eigenvalue weighted by Gasteiger charge is 2.41. The van der Waals surface area contributed by atoms with Crippen LogP contribution in [-0.4, -0.2) is 79.4 Å². The number of guanidine groups is 1. The van der Waals surface area contributed by atoms with E-state index in [0.717, 1.165) is 36.1 Å². The number of carbonyl (C=O) groups is 4. The van der Waals surface area contributed by atoms with Gasteiger partial charge in [0.15, 0.2) is 12.2 Å². The van der Waals surface area contributed by atoms with Gasteiger partial charge in [-0.3, -0.25) is 19.8 Å². The molecule has 13 nitrogen and oxygen atoms in total. The summed E-state index contributed by atoms with van der Waals surface area (Å²) in [5, 5.41) is 15.5. The lowest BCUT2D eigenvalue weighted by atomic mass is 10.1. The molecule has 43 heavy (non-hydrogen) atoms. The zero-order valence-corrected chi connectivity index (χ0v) is 25.9. The number of unbranched alkanes of at least 4 members (excludes halogenated alkanes) is 2. The van der Waals surface area contributed by atoms with E-state index in [1.165, 1.54) is 0 Å². The fourth-order valence-electron chi connectivity index (χ4n) is 4.28. The first-order valence-electron chi connectivity index (χ1n) is 14.7. The Balaban J connectivity index is 0.00000924. The minimum Gasteiger partial charge on any atom is -0.444 e. The Hall–Kier alpha value is -3.42. The number of imide groups is 1. The topological polar surface area (TPSA) is 185 Å². The number of nitrogens with two attached hydrogens (primary N) is 1. The van der Waals surface area contributed by atoms with Crippen molar-refractivity contribution in [2.45, 2.75) is 90.2 Å². The number of hydrogen-bond donors (Lipinski definition) is 5. The van der Waals surface area contributed by atoms with Gasteiger partial charge in [0.1, 0.15) is 12.6 Å². The molecule has 0 aliphatic carbocycles. The molecule has 1 fully saturated rings. The van der Waals surface area contributed by atoms with Crippen LogP contribution in [0.5, 0.6) is 0 Å². The summed E-state index contributed by atoms with van der Waals surface area (Å²) in [5.74, 6) is -1.74. The summed E-state index contributed by atoms with van der Waals surface area (Å²) in [7, 11) is 0. The van der Waals surface area contributed by atoms with Crippen molar-refractivity contribution in [2.75, 3.05) is 26.3 Å². The molecule has 6 N–H and O–H groups in total. The maximum absolute atomic E-state index is 12.9. The van der Waals surface area contributed by atoms with Crippen LogP contribution in [0.25, 0.3) is 0 Å². The average Bonchev–Trinajstić information content (AvgIpc) is 3.37. The molecule has 0 bridgehead atoms. The molecule has 4 amide bonds. The normalized spacial score (nSPS) is 15.0. The summed E-state index contributed by atoms with van der Waals surface area (Å²) in [5.41, 5.74) is 6.12. The number of amides is 4. The van der Waals surface area contributed by atoms with Gasteiger partial charge >= 0.3 is 6.09 Å². The van der Waals surface area contributed by atoms with E-state index in [0.29, 0.717) is 32.6 Å². The van der Waals surface area contributed by atoms with Gasteiger partial charge in [-0.25, -0.2) is 9.69 Å². The second-order valence-corrected chi connectivity index (χ2v) is 10.0. The Kier molecular flexibility index (Phi) is 18.6. The van der Waals surface area contributed by atoms with Gasteiger partial charge in [-0.05, 0) is 37.7 Å². The Labute approximate surface area is 259 Å². The van der Waals surface area contributed by atoms with E-state index in [4.69, 9.17) is 25.4 Å². The summed E-state index contributed by atoms with van der Waals surface area (Å²) < 4.78 is 17.2. The summed E-state index contributed by atoms with van der Waals surface area (Å²) in [6.45, 7) is 5.06. The average molecular weight is 627 g/mol. The van der Waals surface area contributed by atoms with Crippen molar-refractivity contribution in [3.63, 3.8) is 0 Å². The van der Waals surface area contributed by atoms with Crippen LogP contribution in [0.1, 0.15) is 70.8 Å². The quantitative estimate of drug-likeness (QED) is 0.0666. The summed E-state index contributed by atoms with van der Waals surface area (Å²) in [6.07, 6.45) is 3.16. The molecule has 0 unspecified atom stereocenters. The molecule has 0 radical (unpaired) electrons. The van der Waals surface area contributed by atoms with E-state index in [1.54, 1.807) is 24.3 Å². The van der Waals surface area contributed by atoms with Gasteiger partial charge in [-0.2, -0.15) is 0 Å². The lowest BCUT2D eigenvalue weighted by Gasteiger charge is -2.29. The van der Waals surface area contributed by atoms with Gasteiger partial charge in [0.05, 0.1) is 12.6 Å². The smallest absolute Gasteiger partial charge is 0.417 e. The number of hydrogen-bond acceptors (Lipinski definition) is 8. The van der Waals surface area contributed by atoms with E-state index < -0.39 is 42.2 Å². The predicted molar refractivity (Wildman–Crippen MR) is 163 cm³/mol. The third-order valence-electron chi connectivity index (χ3n) is 6.58. The first-order valence-corrected chi connectivity index (χ1v) is 14.7. The Morgan fingerprint density at radius 3 is 2.30 bits per heavy atom. The maximum atomic E-state index is 12.9. The van der Waals surface area contributed by atoms with Crippen LogP contribution in [0, 0.1) is 5.41 Å². The molecule has 1 aromatic carbocycles. The first kappa shape index (κ1) is 37.6. The zero-order valence-electron chi connectivity index (χ0n) is 25.1. The molecule has 0 saturated carbocycles. The van der Waals surface area contributed by atoms with Crippen LogP contribution in [0.2, 0.25) is 0 Å². The molecule has 1 heterocycles. The van der Waals surface area contributed by atoms with E-state index in [9.17, 15) is 19.2 Å². The molecule has 1 saturated heterocycles. The van der Waals surface area contributed by atoms with Gasteiger partial charge < -0.3 is 35.9 Å². The highest BCUT2D eigenvalue weighted by atomic mass is 35.5. The van der Waals surface area contributed by atoms with Gasteiger partial charge in [0.2, 0.25) is 17.7 Å². The van der Waals surface area contributed by atoms with E-state index in [2.05, 4.69) is 16.0 Å². The summed E-state index contributed by atoms with van der Waals surface area (Å²) >= 11 is 0. The monoisotopic (exact) mass is 626 g/mol. The molecule has 1 aromatic rings. The van der Waals surface area contributed by atoms with Crippen LogP contribution in [0.15, 0.2) is 30.3 Å². The second kappa shape index (κ2) is 21.3. The van der Waals surface area contributed by atoms with Gasteiger partial charge in [-0.1, -0.05) is 57.0 Å². The van der Waals surface area contributed by atoms with Crippen LogP contribution < -0.4 is 21.7 Å². The molecular weight excluding hydrogens is 580 g/mol. The first-order chi connectivity index (χ1) is 20.3. The zero-order chi connectivity index (χ0) is 30.7. The molecule has 1 aliphatic heterocycles. The third-order valence-corrected chi connectivity index (χ3v) is 6.58. The largest absolute Gasteiger partial charge is 0.444 e. The number of likely N-dealkylation sites (tertiary alicyclic amines) is 1. The maximum Gasteiger partial charge on any atom is 0.417 e. The number of carbonyl (C=O) groups excluding carboxylic acids is 4. The van der Waals surface area contributed by atoms with E-state index >= 15 is 0 Å². The van der Waals surface area contributed by atoms with Gasteiger partial charge in [0.25, 0.3) is 0 Å². The molecular formula is C29H47ClN6O7. The molecule has 2 atom stereocenters. The minimum atomic E-state index is -1.07.